The lowest BCUT2D eigenvalue weighted by Gasteiger charge is -2.05. The van der Waals surface area contributed by atoms with Crippen LogP contribution in [0.15, 0.2) is 53.1 Å². The molecule has 0 saturated heterocycles. The van der Waals surface area contributed by atoms with Crippen LogP contribution in [0.4, 0.5) is 5.69 Å². The van der Waals surface area contributed by atoms with E-state index in [2.05, 4.69) is 11.4 Å². The summed E-state index contributed by atoms with van der Waals surface area (Å²) in [6.07, 6.45) is 1.99. The largest absolute Gasteiger partial charge is 0.464 e. The molecule has 0 saturated carbocycles. The Hall–Kier alpha value is -2.55. The van der Waals surface area contributed by atoms with Gasteiger partial charge in [-0.3, -0.25) is 4.79 Å². The van der Waals surface area contributed by atoms with E-state index in [4.69, 9.17) is 4.42 Å². The van der Waals surface area contributed by atoms with Gasteiger partial charge in [-0.25, -0.2) is 0 Å². The number of anilines is 1. The molecule has 1 amide bonds. The molecular formula is C18H17NO2. The average molecular weight is 279 g/mol. The van der Waals surface area contributed by atoms with Gasteiger partial charge < -0.3 is 9.73 Å². The van der Waals surface area contributed by atoms with Gasteiger partial charge >= 0.3 is 0 Å². The molecule has 3 nitrogen and oxygen atoms in total. The Bertz CT molecular complexity index is 788. The minimum Gasteiger partial charge on any atom is -0.464 e. The zero-order valence-corrected chi connectivity index (χ0v) is 12.1. The molecule has 0 aliphatic rings. The molecule has 2 aromatic carbocycles. The molecule has 0 spiro atoms. The van der Waals surface area contributed by atoms with E-state index in [0.29, 0.717) is 6.42 Å². The van der Waals surface area contributed by atoms with Gasteiger partial charge in [0.05, 0.1) is 12.7 Å². The Morgan fingerprint density at radius 2 is 1.90 bits per heavy atom. The molecule has 106 valence electrons. The highest BCUT2D eigenvalue weighted by atomic mass is 16.3. The Kier molecular flexibility index (Phi) is 3.48. The van der Waals surface area contributed by atoms with E-state index in [1.165, 1.54) is 0 Å². The average Bonchev–Trinajstić information content (AvgIpc) is 2.82. The molecule has 21 heavy (non-hydrogen) atoms. The first-order valence-electron chi connectivity index (χ1n) is 6.96. The number of hydrogen-bond acceptors (Lipinski definition) is 2. The van der Waals surface area contributed by atoms with Crippen molar-refractivity contribution in [3.05, 3.63) is 65.4 Å². The molecule has 0 atom stereocenters. The van der Waals surface area contributed by atoms with E-state index in [9.17, 15) is 4.79 Å². The van der Waals surface area contributed by atoms with Crippen LogP contribution < -0.4 is 5.32 Å². The summed E-state index contributed by atoms with van der Waals surface area (Å²) in [6, 6.07) is 13.6. The van der Waals surface area contributed by atoms with Gasteiger partial charge in [0.2, 0.25) is 5.91 Å². The predicted molar refractivity (Wildman–Crippen MR) is 84.5 cm³/mol. The first kappa shape index (κ1) is 13.4. The number of benzene rings is 2. The van der Waals surface area contributed by atoms with Crippen molar-refractivity contribution in [3.8, 4) is 0 Å². The number of furan rings is 1. The Morgan fingerprint density at radius 3 is 2.67 bits per heavy atom. The second kappa shape index (κ2) is 5.44. The molecule has 1 aromatic heterocycles. The highest BCUT2D eigenvalue weighted by Crippen LogP contribution is 2.26. The maximum atomic E-state index is 12.1. The maximum Gasteiger partial charge on any atom is 0.228 e. The van der Waals surface area contributed by atoms with E-state index in [-0.39, 0.29) is 5.91 Å². The van der Waals surface area contributed by atoms with Crippen molar-refractivity contribution < 1.29 is 9.21 Å². The highest BCUT2D eigenvalue weighted by molar-refractivity contribution is 5.96. The van der Waals surface area contributed by atoms with Crippen LogP contribution in [-0.2, 0) is 11.2 Å². The van der Waals surface area contributed by atoms with Crippen LogP contribution in [0.5, 0.6) is 0 Å². The van der Waals surface area contributed by atoms with Crippen molar-refractivity contribution >= 4 is 22.6 Å². The zero-order valence-electron chi connectivity index (χ0n) is 12.1. The molecule has 3 aromatic rings. The van der Waals surface area contributed by atoms with Gasteiger partial charge in [0.25, 0.3) is 0 Å². The molecule has 0 unspecified atom stereocenters. The fraction of sp³-hybridized carbons (Fsp3) is 0.167. The van der Waals surface area contributed by atoms with Crippen LogP contribution in [0, 0.1) is 13.8 Å². The summed E-state index contributed by atoms with van der Waals surface area (Å²) in [5.41, 5.74) is 4.88. The molecule has 0 aliphatic carbocycles. The van der Waals surface area contributed by atoms with Gasteiger partial charge in [-0.1, -0.05) is 24.3 Å². The summed E-state index contributed by atoms with van der Waals surface area (Å²) in [4.78, 5) is 12.1. The van der Waals surface area contributed by atoms with Crippen molar-refractivity contribution in [1.29, 1.82) is 0 Å². The maximum absolute atomic E-state index is 12.1. The normalized spacial score (nSPS) is 10.8. The fourth-order valence-corrected chi connectivity index (χ4v) is 2.66. The molecular weight excluding hydrogens is 262 g/mol. The third-order valence-electron chi connectivity index (χ3n) is 3.50. The van der Waals surface area contributed by atoms with E-state index in [0.717, 1.165) is 33.3 Å². The third kappa shape index (κ3) is 2.82. The molecule has 1 N–H and O–H groups in total. The second-order valence-electron chi connectivity index (χ2n) is 5.31. The molecule has 0 aliphatic heterocycles. The second-order valence-corrected chi connectivity index (χ2v) is 5.31. The van der Waals surface area contributed by atoms with Crippen molar-refractivity contribution in [2.45, 2.75) is 20.3 Å². The van der Waals surface area contributed by atoms with Crippen molar-refractivity contribution in [3.63, 3.8) is 0 Å². The summed E-state index contributed by atoms with van der Waals surface area (Å²) in [5.74, 6) is -0.0381. The van der Waals surface area contributed by atoms with Crippen LogP contribution in [0.3, 0.4) is 0 Å². The van der Waals surface area contributed by atoms with Gasteiger partial charge in [-0.15, -0.1) is 0 Å². The van der Waals surface area contributed by atoms with Gasteiger partial charge in [-0.2, -0.15) is 0 Å². The number of amides is 1. The van der Waals surface area contributed by atoms with Crippen LogP contribution in [0.2, 0.25) is 0 Å². The summed E-state index contributed by atoms with van der Waals surface area (Å²) >= 11 is 0. The van der Waals surface area contributed by atoms with E-state index >= 15 is 0 Å². The lowest BCUT2D eigenvalue weighted by molar-refractivity contribution is -0.115. The number of para-hydroxylation sites is 1. The number of aryl methyl sites for hydroxylation is 2. The number of rotatable bonds is 3. The number of nitrogens with one attached hydrogen (secondary N) is 1. The molecule has 0 fully saturated rings. The third-order valence-corrected chi connectivity index (χ3v) is 3.50. The highest BCUT2D eigenvalue weighted by Gasteiger charge is 2.13. The monoisotopic (exact) mass is 279 g/mol. The Morgan fingerprint density at radius 1 is 1.14 bits per heavy atom. The van der Waals surface area contributed by atoms with E-state index in [1.807, 2.05) is 50.2 Å². The number of hydrogen-bond donors (Lipinski definition) is 1. The Labute approximate surface area is 123 Å². The number of carbonyl (C=O) groups is 1. The van der Waals surface area contributed by atoms with E-state index in [1.54, 1.807) is 6.26 Å². The molecule has 0 bridgehead atoms. The fourth-order valence-electron chi connectivity index (χ4n) is 2.66. The zero-order chi connectivity index (χ0) is 14.8. The summed E-state index contributed by atoms with van der Waals surface area (Å²) in [5, 5.41) is 3.94. The first-order chi connectivity index (χ1) is 10.1. The number of carbonyl (C=O) groups excluding carboxylic acids is 1. The first-order valence-corrected chi connectivity index (χ1v) is 6.96. The summed E-state index contributed by atoms with van der Waals surface area (Å²) in [6.45, 7) is 4.08. The topological polar surface area (TPSA) is 42.2 Å². The van der Waals surface area contributed by atoms with Gasteiger partial charge in [-0.05, 0) is 43.2 Å². The van der Waals surface area contributed by atoms with Crippen molar-refractivity contribution in [2.75, 3.05) is 5.32 Å². The minimum atomic E-state index is -0.0381. The van der Waals surface area contributed by atoms with Gasteiger partial charge in [0.15, 0.2) is 0 Å². The Balaban J connectivity index is 1.84. The summed E-state index contributed by atoms with van der Waals surface area (Å²) < 4.78 is 5.58. The quantitative estimate of drug-likeness (QED) is 0.779. The van der Waals surface area contributed by atoms with Crippen LogP contribution >= 0.6 is 0 Å². The smallest absolute Gasteiger partial charge is 0.228 e. The van der Waals surface area contributed by atoms with Crippen molar-refractivity contribution in [1.82, 2.24) is 0 Å². The standard InChI is InChI=1S/C18H17NO2/c1-12-8-13(2)18-14(11-21-16(18)9-12)10-17(20)19-15-6-4-3-5-7-15/h3-9,11H,10H2,1-2H3,(H,19,20). The molecule has 1 heterocycles. The number of fused-ring (bicyclic) bond motifs is 1. The molecule has 3 rings (SSSR count). The summed E-state index contributed by atoms with van der Waals surface area (Å²) in [7, 11) is 0. The predicted octanol–water partition coefficient (Wildman–Crippen LogP) is 4.23. The van der Waals surface area contributed by atoms with Gasteiger partial charge in [0.1, 0.15) is 5.58 Å². The lowest BCUT2D eigenvalue weighted by Crippen LogP contribution is -2.14. The molecule has 3 heteroatoms. The van der Waals surface area contributed by atoms with E-state index < -0.39 is 0 Å². The minimum absolute atomic E-state index is 0.0381. The lowest BCUT2D eigenvalue weighted by atomic mass is 10.0. The SMILES string of the molecule is Cc1cc(C)c2c(CC(=O)Nc3ccccc3)coc2c1. The van der Waals surface area contributed by atoms with Crippen LogP contribution in [-0.4, -0.2) is 5.91 Å². The molecule has 0 radical (unpaired) electrons. The van der Waals surface area contributed by atoms with Crippen molar-refractivity contribution in [2.24, 2.45) is 0 Å². The van der Waals surface area contributed by atoms with Gasteiger partial charge in [0, 0.05) is 16.6 Å². The van der Waals surface area contributed by atoms with Crippen LogP contribution in [0.1, 0.15) is 16.7 Å². The van der Waals surface area contributed by atoms with Crippen LogP contribution in [0.25, 0.3) is 11.0 Å².